The SMILES string of the molecule is CCC(C)CN(CC)CC(O)c1cc(C)ccc1C. The van der Waals surface area contributed by atoms with Crippen LogP contribution in [-0.2, 0) is 0 Å². The highest BCUT2D eigenvalue weighted by atomic mass is 16.3. The molecule has 0 fully saturated rings. The zero-order valence-corrected chi connectivity index (χ0v) is 13.1. The van der Waals surface area contributed by atoms with E-state index < -0.39 is 0 Å². The lowest BCUT2D eigenvalue weighted by Gasteiger charge is -2.27. The average molecular weight is 263 g/mol. The maximum absolute atomic E-state index is 10.5. The second-order valence-corrected chi connectivity index (χ2v) is 5.74. The van der Waals surface area contributed by atoms with Crippen LogP contribution < -0.4 is 0 Å². The monoisotopic (exact) mass is 263 g/mol. The number of hydrogen-bond acceptors (Lipinski definition) is 2. The van der Waals surface area contributed by atoms with Crippen LogP contribution in [0.4, 0.5) is 0 Å². The highest BCUT2D eigenvalue weighted by Gasteiger charge is 2.15. The molecule has 2 atom stereocenters. The number of nitrogens with zero attached hydrogens (tertiary/aromatic N) is 1. The van der Waals surface area contributed by atoms with E-state index in [0.29, 0.717) is 5.92 Å². The molecule has 2 unspecified atom stereocenters. The van der Waals surface area contributed by atoms with Crippen molar-refractivity contribution in [3.8, 4) is 0 Å². The summed E-state index contributed by atoms with van der Waals surface area (Å²) in [6.45, 7) is 13.6. The van der Waals surface area contributed by atoms with E-state index in [4.69, 9.17) is 0 Å². The van der Waals surface area contributed by atoms with Gasteiger partial charge in [0.2, 0.25) is 0 Å². The zero-order valence-electron chi connectivity index (χ0n) is 13.1. The van der Waals surface area contributed by atoms with Crippen LogP contribution in [0.25, 0.3) is 0 Å². The van der Waals surface area contributed by atoms with Crippen molar-refractivity contribution in [2.45, 2.75) is 47.1 Å². The van der Waals surface area contributed by atoms with E-state index in [1.54, 1.807) is 0 Å². The molecule has 0 aromatic heterocycles. The second-order valence-electron chi connectivity index (χ2n) is 5.74. The van der Waals surface area contributed by atoms with Crippen LogP contribution >= 0.6 is 0 Å². The summed E-state index contributed by atoms with van der Waals surface area (Å²) < 4.78 is 0. The van der Waals surface area contributed by atoms with Gasteiger partial charge in [-0.2, -0.15) is 0 Å². The number of benzene rings is 1. The quantitative estimate of drug-likeness (QED) is 0.810. The normalized spacial score (nSPS) is 14.7. The van der Waals surface area contributed by atoms with Gasteiger partial charge >= 0.3 is 0 Å². The number of hydrogen-bond donors (Lipinski definition) is 1. The zero-order chi connectivity index (χ0) is 14.4. The van der Waals surface area contributed by atoms with E-state index in [2.05, 4.69) is 57.7 Å². The molecule has 108 valence electrons. The summed E-state index contributed by atoms with van der Waals surface area (Å²) in [4.78, 5) is 2.35. The molecule has 0 aliphatic heterocycles. The molecule has 0 aliphatic rings. The second kappa shape index (κ2) is 7.66. The van der Waals surface area contributed by atoms with Gasteiger partial charge in [0, 0.05) is 13.1 Å². The number of likely N-dealkylation sites (N-methyl/N-ethyl adjacent to an activating group) is 1. The van der Waals surface area contributed by atoms with Crippen LogP contribution in [0, 0.1) is 19.8 Å². The summed E-state index contributed by atoms with van der Waals surface area (Å²) in [6, 6.07) is 6.30. The maximum Gasteiger partial charge on any atom is 0.0919 e. The summed E-state index contributed by atoms with van der Waals surface area (Å²) in [5.74, 6) is 0.686. The molecule has 1 aromatic carbocycles. The summed E-state index contributed by atoms with van der Waals surface area (Å²) in [6.07, 6.45) is 0.805. The Hall–Kier alpha value is -0.860. The minimum Gasteiger partial charge on any atom is -0.387 e. The van der Waals surface area contributed by atoms with E-state index in [1.807, 2.05) is 0 Å². The fourth-order valence-corrected chi connectivity index (χ4v) is 2.36. The molecule has 19 heavy (non-hydrogen) atoms. The fourth-order valence-electron chi connectivity index (χ4n) is 2.36. The van der Waals surface area contributed by atoms with Crippen molar-refractivity contribution in [1.82, 2.24) is 4.90 Å². The first-order valence-electron chi connectivity index (χ1n) is 7.45. The molecule has 0 radical (unpaired) electrons. The van der Waals surface area contributed by atoms with Gasteiger partial charge in [-0.3, -0.25) is 0 Å². The van der Waals surface area contributed by atoms with Crippen LogP contribution in [-0.4, -0.2) is 29.6 Å². The first-order valence-corrected chi connectivity index (χ1v) is 7.45. The van der Waals surface area contributed by atoms with Crippen LogP contribution in [0.2, 0.25) is 0 Å². The molecule has 2 heteroatoms. The van der Waals surface area contributed by atoms with Gasteiger partial charge in [-0.25, -0.2) is 0 Å². The van der Waals surface area contributed by atoms with E-state index in [1.165, 1.54) is 17.5 Å². The Morgan fingerprint density at radius 2 is 1.84 bits per heavy atom. The van der Waals surface area contributed by atoms with E-state index in [9.17, 15) is 5.11 Å². The van der Waals surface area contributed by atoms with E-state index >= 15 is 0 Å². The lowest BCUT2D eigenvalue weighted by atomic mass is 10.00. The Balaban J connectivity index is 2.71. The van der Waals surface area contributed by atoms with Crippen molar-refractivity contribution in [3.63, 3.8) is 0 Å². The molecule has 0 heterocycles. The van der Waals surface area contributed by atoms with Gasteiger partial charge in [0.15, 0.2) is 0 Å². The highest BCUT2D eigenvalue weighted by molar-refractivity contribution is 5.32. The van der Waals surface area contributed by atoms with E-state index in [-0.39, 0.29) is 6.10 Å². The molecular weight excluding hydrogens is 234 g/mol. The predicted molar refractivity (Wildman–Crippen MR) is 82.4 cm³/mol. The van der Waals surface area contributed by atoms with Crippen molar-refractivity contribution < 1.29 is 5.11 Å². The van der Waals surface area contributed by atoms with Gasteiger partial charge in [-0.15, -0.1) is 0 Å². The molecule has 0 saturated heterocycles. The lowest BCUT2D eigenvalue weighted by molar-refractivity contribution is 0.107. The summed E-state index contributed by atoms with van der Waals surface area (Å²) in [5.41, 5.74) is 3.46. The highest BCUT2D eigenvalue weighted by Crippen LogP contribution is 2.20. The first-order chi connectivity index (χ1) is 8.97. The minimum absolute atomic E-state index is 0.385. The van der Waals surface area contributed by atoms with Crippen LogP contribution in [0.15, 0.2) is 18.2 Å². The smallest absolute Gasteiger partial charge is 0.0919 e. The molecular formula is C17H29NO. The Morgan fingerprint density at radius 3 is 2.42 bits per heavy atom. The molecule has 0 spiro atoms. The van der Waals surface area contributed by atoms with Gasteiger partial charge in [0.25, 0.3) is 0 Å². The van der Waals surface area contributed by atoms with Gasteiger partial charge in [0.05, 0.1) is 6.10 Å². The van der Waals surface area contributed by atoms with Gasteiger partial charge < -0.3 is 10.0 Å². The van der Waals surface area contributed by atoms with Crippen molar-refractivity contribution in [2.75, 3.05) is 19.6 Å². The number of aryl methyl sites for hydroxylation is 2. The molecule has 2 nitrogen and oxygen atoms in total. The molecule has 0 bridgehead atoms. The third-order valence-electron chi connectivity index (χ3n) is 3.94. The first kappa shape index (κ1) is 16.2. The largest absolute Gasteiger partial charge is 0.387 e. The molecule has 0 amide bonds. The number of aliphatic hydroxyl groups is 1. The Bertz CT molecular complexity index is 389. The lowest BCUT2D eigenvalue weighted by Crippen LogP contribution is -2.32. The Morgan fingerprint density at radius 1 is 1.16 bits per heavy atom. The van der Waals surface area contributed by atoms with Crippen molar-refractivity contribution >= 4 is 0 Å². The van der Waals surface area contributed by atoms with Crippen LogP contribution in [0.5, 0.6) is 0 Å². The van der Waals surface area contributed by atoms with Gasteiger partial charge in [-0.05, 0) is 37.4 Å². The van der Waals surface area contributed by atoms with Crippen molar-refractivity contribution in [3.05, 3.63) is 34.9 Å². The third kappa shape index (κ3) is 4.96. The molecule has 0 aliphatic carbocycles. The Labute approximate surface area is 118 Å². The third-order valence-corrected chi connectivity index (χ3v) is 3.94. The fraction of sp³-hybridized carbons (Fsp3) is 0.647. The number of aliphatic hydroxyl groups excluding tert-OH is 1. The van der Waals surface area contributed by atoms with Crippen molar-refractivity contribution in [1.29, 1.82) is 0 Å². The van der Waals surface area contributed by atoms with Crippen LogP contribution in [0.3, 0.4) is 0 Å². The van der Waals surface area contributed by atoms with Gasteiger partial charge in [0.1, 0.15) is 0 Å². The average Bonchev–Trinajstić information content (AvgIpc) is 2.40. The van der Waals surface area contributed by atoms with E-state index in [0.717, 1.165) is 25.2 Å². The Kier molecular flexibility index (Phi) is 6.53. The molecule has 1 N–H and O–H groups in total. The molecule has 1 aromatic rings. The number of rotatable bonds is 7. The molecule has 1 rings (SSSR count). The predicted octanol–water partition coefficient (Wildman–Crippen LogP) is 3.70. The minimum atomic E-state index is -0.385. The standard InChI is InChI=1S/C17H29NO/c1-6-13(3)11-18(7-2)12-17(19)16-10-14(4)8-9-15(16)5/h8-10,13,17,19H,6-7,11-12H2,1-5H3. The van der Waals surface area contributed by atoms with Crippen LogP contribution in [0.1, 0.15) is 50.0 Å². The summed E-state index contributed by atoms with van der Waals surface area (Å²) >= 11 is 0. The summed E-state index contributed by atoms with van der Waals surface area (Å²) in [7, 11) is 0. The molecule has 0 saturated carbocycles. The maximum atomic E-state index is 10.5. The van der Waals surface area contributed by atoms with Crippen molar-refractivity contribution in [2.24, 2.45) is 5.92 Å². The van der Waals surface area contributed by atoms with Gasteiger partial charge in [-0.1, -0.05) is 51.0 Å². The summed E-state index contributed by atoms with van der Waals surface area (Å²) in [5, 5.41) is 10.5. The topological polar surface area (TPSA) is 23.5 Å².